The summed E-state index contributed by atoms with van der Waals surface area (Å²) >= 11 is 4.25. The number of carbonyl (C=O) groups is 1. The minimum atomic E-state index is -0.381. The van der Waals surface area contributed by atoms with Gasteiger partial charge in [-0.25, -0.2) is 4.98 Å². The first-order chi connectivity index (χ1) is 7.60. The van der Waals surface area contributed by atoms with Gasteiger partial charge in [-0.05, 0) is 13.0 Å². The number of ether oxygens (including phenoxy) is 1. The predicted molar refractivity (Wildman–Crippen MR) is 58.5 cm³/mol. The van der Waals surface area contributed by atoms with E-state index in [9.17, 15) is 4.79 Å². The lowest BCUT2D eigenvalue weighted by Gasteiger charge is -1.96. The van der Waals surface area contributed by atoms with Gasteiger partial charge in [0.2, 0.25) is 0 Å². The highest BCUT2D eigenvalue weighted by molar-refractivity contribution is 7.80. The van der Waals surface area contributed by atoms with Crippen molar-refractivity contribution in [3.63, 3.8) is 0 Å². The molecule has 0 aromatic carbocycles. The summed E-state index contributed by atoms with van der Waals surface area (Å²) in [6, 6.07) is 1.77. The van der Waals surface area contributed by atoms with Gasteiger partial charge >= 0.3 is 5.97 Å². The number of methoxy groups -OCH3 is 1. The minimum Gasteiger partial charge on any atom is -0.469 e. The second-order valence-electron chi connectivity index (χ2n) is 3.25. The van der Waals surface area contributed by atoms with Gasteiger partial charge in [0.05, 0.1) is 7.11 Å². The molecule has 0 N–H and O–H groups in total. The van der Waals surface area contributed by atoms with E-state index in [1.54, 1.807) is 6.07 Å². The number of esters is 1. The number of aromatic nitrogens is 4. The summed E-state index contributed by atoms with van der Waals surface area (Å²) < 4.78 is 6.02. The van der Waals surface area contributed by atoms with Crippen LogP contribution < -0.4 is 0 Å². The molecule has 84 valence electrons. The van der Waals surface area contributed by atoms with Gasteiger partial charge in [-0.1, -0.05) is 0 Å². The molecule has 2 heterocycles. The van der Waals surface area contributed by atoms with E-state index < -0.39 is 0 Å². The molecular formula is C9H10N4O2S. The third-order valence-corrected chi connectivity index (χ3v) is 2.31. The predicted octanol–water partition coefficient (Wildman–Crippen LogP) is 0.437. The first-order valence-electron chi connectivity index (χ1n) is 4.59. The van der Waals surface area contributed by atoms with Crippen LogP contribution in [0.15, 0.2) is 11.1 Å². The van der Waals surface area contributed by atoms with E-state index in [1.165, 1.54) is 11.6 Å². The molecule has 0 spiro atoms. The lowest BCUT2D eigenvalue weighted by Crippen LogP contribution is -2.06. The topological polar surface area (TPSA) is 69.4 Å². The SMILES string of the molecule is COC(=O)Cc1nc2nc(C)cc(S)n2n1. The Kier molecular flexibility index (Phi) is 2.78. The Balaban J connectivity index is 2.44. The van der Waals surface area contributed by atoms with Crippen LogP contribution in [0.25, 0.3) is 5.78 Å². The van der Waals surface area contributed by atoms with Crippen molar-refractivity contribution in [3.05, 3.63) is 17.6 Å². The number of thiol groups is 1. The molecule has 0 fully saturated rings. The largest absolute Gasteiger partial charge is 0.469 e. The fourth-order valence-electron chi connectivity index (χ4n) is 1.29. The van der Waals surface area contributed by atoms with Crippen molar-refractivity contribution in [2.75, 3.05) is 7.11 Å². The normalized spacial score (nSPS) is 10.7. The number of nitrogens with zero attached hydrogens (tertiary/aromatic N) is 4. The molecule has 0 atom stereocenters. The smallest absolute Gasteiger partial charge is 0.313 e. The Morgan fingerprint density at radius 3 is 3.00 bits per heavy atom. The quantitative estimate of drug-likeness (QED) is 0.467. The molecule has 0 amide bonds. The molecule has 0 bridgehead atoms. The van der Waals surface area contributed by atoms with Crippen LogP contribution >= 0.6 is 12.6 Å². The van der Waals surface area contributed by atoms with Crippen molar-refractivity contribution in [3.8, 4) is 0 Å². The van der Waals surface area contributed by atoms with Crippen LogP contribution in [0.1, 0.15) is 11.5 Å². The van der Waals surface area contributed by atoms with Gasteiger partial charge in [-0.2, -0.15) is 9.50 Å². The summed E-state index contributed by atoms with van der Waals surface area (Å²) in [7, 11) is 1.32. The Hall–Kier alpha value is -1.63. The van der Waals surface area contributed by atoms with Crippen molar-refractivity contribution in [2.24, 2.45) is 0 Å². The summed E-state index contributed by atoms with van der Waals surface area (Å²) in [4.78, 5) is 19.4. The monoisotopic (exact) mass is 238 g/mol. The Morgan fingerprint density at radius 1 is 1.56 bits per heavy atom. The molecular weight excluding hydrogens is 228 g/mol. The van der Waals surface area contributed by atoms with Gasteiger partial charge in [0, 0.05) is 5.69 Å². The van der Waals surface area contributed by atoms with E-state index in [-0.39, 0.29) is 12.4 Å². The highest BCUT2D eigenvalue weighted by atomic mass is 32.1. The fourth-order valence-corrected chi connectivity index (χ4v) is 1.61. The van der Waals surface area contributed by atoms with Crippen LogP contribution in [0.2, 0.25) is 0 Å². The molecule has 0 aliphatic heterocycles. The molecule has 0 aliphatic rings. The van der Waals surface area contributed by atoms with Gasteiger partial charge in [0.15, 0.2) is 5.82 Å². The van der Waals surface area contributed by atoms with Crippen molar-refractivity contribution in [1.82, 2.24) is 19.6 Å². The molecule has 0 aliphatic carbocycles. The Morgan fingerprint density at radius 2 is 2.31 bits per heavy atom. The van der Waals surface area contributed by atoms with E-state index in [4.69, 9.17) is 0 Å². The van der Waals surface area contributed by atoms with Crippen LogP contribution in [-0.4, -0.2) is 32.7 Å². The van der Waals surface area contributed by atoms with Gasteiger partial charge in [-0.3, -0.25) is 4.79 Å². The molecule has 2 aromatic heterocycles. The molecule has 0 radical (unpaired) electrons. The Bertz CT molecular complexity index is 552. The molecule has 7 heteroatoms. The average Bonchev–Trinajstić information content (AvgIpc) is 2.60. The van der Waals surface area contributed by atoms with Crippen LogP contribution in [0.3, 0.4) is 0 Å². The lowest BCUT2D eigenvalue weighted by molar-refractivity contribution is -0.139. The van der Waals surface area contributed by atoms with Gasteiger partial charge in [0.1, 0.15) is 11.4 Å². The summed E-state index contributed by atoms with van der Waals surface area (Å²) in [5.41, 5.74) is 0.800. The molecule has 0 unspecified atom stereocenters. The molecule has 0 saturated heterocycles. The zero-order chi connectivity index (χ0) is 11.7. The molecule has 6 nitrogen and oxygen atoms in total. The first kappa shape index (κ1) is 10.9. The van der Waals surface area contributed by atoms with Crippen LogP contribution in [0, 0.1) is 6.92 Å². The van der Waals surface area contributed by atoms with Gasteiger partial charge in [0.25, 0.3) is 5.78 Å². The third-order valence-electron chi connectivity index (χ3n) is 2.00. The summed E-state index contributed by atoms with van der Waals surface area (Å²) in [6.07, 6.45) is 0.0339. The lowest BCUT2D eigenvalue weighted by atomic mass is 10.4. The number of rotatable bonds is 2. The zero-order valence-electron chi connectivity index (χ0n) is 8.84. The van der Waals surface area contributed by atoms with Gasteiger partial charge < -0.3 is 4.74 Å². The number of aryl methyl sites for hydroxylation is 1. The molecule has 2 aromatic rings. The number of hydrogen-bond donors (Lipinski definition) is 1. The summed E-state index contributed by atoms with van der Waals surface area (Å²) in [5, 5.41) is 4.74. The highest BCUT2D eigenvalue weighted by Crippen LogP contribution is 2.09. The van der Waals surface area contributed by atoms with Crippen molar-refractivity contribution < 1.29 is 9.53 Å². The molecule has 16 heavy (non-hydrogen) atoms. The first-order valence-corrected chi connectivity index (χ1v) is 5.04. The maximum absolute atomic E-state index is 11.1. The maximum atomic E-state index is 11.1. The average molecular weight is 238 g/mol. The fraction of sp³-hybridized carbons (Fsp3) is 0.333. The third kappa shape index (κ3) is 1.99. The van der Waals surface area contributed by atoms with E-state index >= 15 is 0 Å². The summed E-state index contributed by atoms with van der Waals surface area (Å²) in [5.74, 6) is 0.428. The van der Waals surface area contributed by atoms with Crippen LogP contribution in [0.5, 0.6) is 0 Å². The Labute approximate surface area is 97.1 Å². The van der Waals surface area contributed by atoms with Crippen molar-refractivity contribution in [1.29, 1.82) is 0 Å². The second-order valence-corrected chi connectivity index (χ2v) is 3.71. The van der Waals surface area contributed by atoms with Crippen molar-refractivity contribution in [2.45, 2.75) is 18.4 Å². The molecule has 0 saturated carbocycles. The number of carbonyl (C=O) groups excluding carboxylic acids is 1. The maximum Gasteiger partial charge on any atom is 0.313 e. The van der Waals surface area contributed by atoms with E-state index in [2.05, 4.69) is 32.4 Å². The summed E-state index contributed by atoms with van der Waals surface area (Å²) in [6.45, 7) is 1.84. The highest BCUT2D eigenvalue weighted by Gasteiger charge is 2.11. The number of fused-ring (bicyclic) bond motifs is 1. The zero-order valence-corrected chi connectivity index (χ0v) is 9.73. The molecule has 2 rings (SSSR count). The second kappa shape index (κ2) is 4.09. The van der Waals surface area contributed by atoms with Crippen LogP contribution in [0.4, 0.5) is 0 Å². The van der Waals surface area contributed by atoms with Crippen molar-refractivity contribution >= 4 is 24.4 Å². The number of hydrogen-bond acceptors (Lipinski definition) is 6. The van der Waals surface area contributed by atoms with Gasteiger partial charge in [-0.15, -0.1) is 17.7 Å². The van der Waals surface area contributed by atoms with Crippen LogP contribution in [-0.2, 0) is 16.0 Å². The van der Waals surface area contributed by atoms with E-state index in [1.807, 2.05) is 6.92 Å². The standard InChI is InChI=1S/C9H10N4O2S/c1-5-3-7(16)13-9(10-5)11-6(12-13)4-8(14)15-2/h3,16H,4H2,1-2H3. The van der Waals surface area contributed by atoms with E-state index in [0.29, 0.717) is 16.6 Å². The minimum absolute atomic E-state index is 0.0339. The van der Waals surface area contributed by atoms with E-state index in [0.717, 1.165) is 5.69 Å².